The van der Waals surface area contributed by atoms with E-state index in [1.165, 1.54) is 71.1 Å². The number of carbonyl (C=O) groups excluding carboxylic acids is 16. The zero-order valence-corrected chi connectivity index (χ0v) is 90.0. The molecule has 2 aromatic heterocycles. The Kier molecular flexibility index (Phi) is 42.2. The van der Waals surface area contributed by atoms with E-state index in [0.29, 0.717) is 70.3 Å². The van der Waals surface area contributed by atoms with E-state index < -0.39 is 214 Å². The molecule has 11 rings (SSSR count). The van der Waals surface area contributed by atoms with Gasteiger partial charge in [-0.1, -0.05) is 130 Å². The normalized spacial score (nSPS) is 23.6. The number of esters is 1. The van der Waals surface area contributed by atoms with Crippen molar-refractivity contribution in [2.45, 2.75) is 302 Å². The van der Waals surface area contributed by atoms with Crippen molar-refractivity contribution in [2.75, 3.05) is 65.2 Å². The van der Waals surface area contributed by atoms with Gasteiger partial charge in [0, 0.05) is 168 Å². The number of aromatic hydroxyl groups is 1. The Morgan fingerprint density at radius 3 is 2.01 bits per heavy atom. The number of rotatable bonds is 56. The first-order valence-electron chi connectivity index (χ1n) is 52.0. The lowest BCUT2D eigenvalue weighted by Gasteiger charge is -2.69. The third-order valence-corrected chi connectivity index (χ3v) is 33.0. The number of hydrogen-bond donors (Lipinski definition) is 14. The average molecular weight is 2120 g/mol. The predicted molar refractivity (Wildman–Crippen MR) is 558 cm³/mol. The number of benzene rings is 3. The number of hydrogen-bond acceptors (Lipinski definition) is 30. The van der Waals surface area contributed by atoms with Crippen LogP contribution in [-0.4, -0.2) is 272 Å². The number of carbonyl (C=O) groups is 16. The summed E-state index contributed by atoms with van der Waals surface area (Å²) in [6.07, 6.45) is -3.44. The van der Waals surface area contributed by atoms with Gasteiger partial charge < -0.3 is 111 Å². The fourth-order valence-corrected chi connectivity index (χ4v) is 24.5. The van der Waals surface area contributed by atoms with Crippen molar-refractivity contribution in [1.82, 2.24) is 57.1 Å². The number of aromatic amines is 2. The fraction of sp³-hybridized carbons (Fsp3) is 0.615. The number of amides is 7. The summed E-state index contributed by atoms with van der Waals surface area (Å²) in [6.45, 7) is 20.8. The largest absolute Gasteiger partial charge is 0.509 e. The fourth-order valence-electron chi connectivity index (χ4n) is 22.7. The highest BCUT2D eigenvalue weighted by Crippen LogP contribution is 2.68. The first-order chi connectivity index (χ1) is 71.1. The molecule has 3 aliphatic carbocycles. The van der Waals surface area contributed by atoms with E-state index in [9.17, 15) is 58.5 Å². The molecule has 5 fully saturated rings. The number of phenols is 1. The number of para-hydroxylation sites is 1. The van der Waals surface area contributed by atoms with E-state index in [1.807, 2.05) is 53.7 Å². The summed E-state index contributed by atoms with van der Waals surface area (Å²) in [4.78, 5) is 242. The molecule has 820 valence electrons. The first-order valence-corrected chi connectivity index (χ1v) is 54.5. The Morgan fingerprint density at radius 2 is 1.37 bits per heavy atom. The van der Waals surface area contributed by atoms with E-state index in [0.717, 1.165) is 0 Å². The molecule has 2 saturated carbocycles. The third kappa shape index (κ3) is 30.2. The number of methoxy groups -OCH3 is 2. The Bertz CT molecular complexity index is 5660. The molecule has 0 radical (unpaired) electrons. The second-order valence-corrected chi connectivity index (χ2v) is 45.8. The molecule has 5 aromatic rings. The number of aromatic nitrogens is 3. The minimum Gasteiger partial charge on any atom is -0.508 e. The maximum Gasteiger partial charge on any atom is 0.509 e. The van der Waals surface area contributed by atoms with Crippen molar-refractivity contribution in [1.29, 1.82) is 5.41 Å². The summed E-state index contributed by atoms with van der Waals surface area (Å²) < 4.78 is 42.3. The molecule has 3 aliphatic heterocycles. The lowest BCUT2D eigenvalue weighted by Crippen LogP contribution is -2.75. The second kappa shape index (κ2) is 53.5. The number of fused-ring (bicyclic) bond motifs is 6. The Labute approximate surface area is 883 Å². The lowest BCUT2D eigenvalue weighted by atomic mass is 9.40. The van der Waals surface area contributed by atoms with Crippen LogP contribution in [-0.2, 0) is 120 Å². The average Bonchev–Trinajstić information content (AvgIpc) is 1.05. The summed E-state index contributed by atoms with van der Waals surface area (Å²) in [7, 11) is 5.51. The molecule has 2 unspecified atom stereocenters. The molecule has 2 bridgehead atoms. The number of likely N-dealkylation sites (tertiary alicyclic amines) is 1. The molecule has 7 amide bonds. The SMILES string of the molecule is CO[C@H]1C(=O)[C@]2(C)[C@@H](OC)C[C@H]3OC[C@@]3(C)[C@H]2[C@H](C)[C@]2(O)CC(OC(=O)C(OC(=O)OCCSSCCC(=O)NCCCC[C@@H](CC(=O)[C@H](Cc3ccc(O)cc3)NC(=O)[C@H](CO)CC(=O)[C@H](Cc3c[nH]c4ccccc34)NC(=O)[C@@H](CC(=O)[C@@H]3CCC(=O)N3)Cc3c[nH]cn3)C(=O)N[C@@H](CC(C)C)C(=O)C[C@@H](CCCNC(=N)N)C(=O)N3CCC[C@H]3C(=O)CCC(C)=O)[C@@H](NC(=O)OC(C)(C)C)c3ccccc3)C(C)=C1C2(C)C. The summed E-state index contributed by atoms with van der Waals surface area (Å²) in [6, 6.07) is 13.9. The molecule has 6 aliphatic rings. The number of aliphatic hydroxyl groups excluding tert-OH is 1. The maximum atomic E-state index is 15.6. The second-order valence-electron chi connectivity index (χ2n) is 43.1. The lowest BCUT2D eigenvalue weighted by molar-refractivity contribution is -0.305. The number of nitrogens with two attached hydrogens (primary N) is 1. The quantitative estimate of drug-likeness (QED) is 0.00327. The van der Waals surface area contributed by atoms with Crippen LogP contribution in [0.5, 0.6) is 5.75 Å². The van der Waals surface area contributed by atoms with Crippen LogP contribution in [0.2, 0.25) is 0 Å². The van der Waals surface area contributed by atoms with Crippen LogP contribution in [0.15, 0.2) is 109 Å². The van der Waals surface area contributed by atoms with Crippen LogP contribution in [0.25, 0.3) is 10.9 Å². The highest BCUT2D eigenvalue weighted by molar-refractivity contribution is 8.76. The van der Waals surface area contributed by atoms with Gasteiger partial charge in [-0.3, -0.25) is 62.9 Å². The number of aliphatic hydroxyl groups is 2. The number of imidazole rings is 1. The monoisotopic (exact) mass is 2120 g/mol. The first kappa shape index (κ1) is 118. The molecular weight excluding hydrogens is 1970 g/mol. The molecule has 39 nitrogen and oxygen atoms in total. The highest BCUT2D eigenvalue weighted by atomic mass is 33.1. The van der Waals surface area contributed by atoms with Crippen molar-refractivity contribution in [3.05, 3.63) is 131 Å². The van der Waals surface area contributed by atoms with Crippen LogP contribution in [0, 0.1) is 63.1 Å². The Hall–Kier alpha value is -11.8. The molecular formula is C109H151N13O26S2. The molecule has 20 atom stereocenters. The Morgan fingerprint density at radius 1 is 0.727 bits per heavy atom. The van der Waals surface area contributed by atoms with Crippen molar-refractivity contribution in [2.24, 2.45) is 63.4 Å². The van der Waals surface area contributed by atoms with Gasteiger partial charge in [0.1, 0.15) is 42.0 Å². The topological polar surface area (TPSA) is 580 Å². The number of ketones is 7. The molecule has 15 N–H and O–H groups in total. The van der Waals surface area contributed by atoms with Crippen LogP contribution >= 0.6 is 21.6 Å². The molecule has 41 heteroatoms. The molecule has 3 aromatic carbocycles. The standard InChI is InChI=1S/C109H151N13O26S2/c1-61(2)46-77(84(129)51-68(27-22-41-114-102(110)111)100(137)122-42-23-30-80(122)81(126)37-31-62(3)124)118-97(134)67(50-83(128)78(47-65-32-34-73(125)35-33-65)119-99(136)71(58-123)53-85(130)79(49-70-56-115-75-29-19-18-28-74(70)75)120-98(135)69(48-72-57-112-60-116-72)52-82(127)76-36-38-90(132)117-76)26-20-21-40-113-89(131)39-44-149-150-45-43-144-104(140)147-94(92(66-24-16-15-17-25-66)121-103(139)148-105(6,7)8)101(138)146-86-55-109(141)64(5)95-107(11)59-145-87(107)54-88(142-13)108(95,12)96(133)93(143-14)91(63(86)4)106(109,9)10/h15-19,24-25,28-29,32-35,56-57,60-61,64,67-69,71,76-80,86-88,92-95,115,123,125,141H,20-23,26-27,30-31,36-55,58-59H2,1-14H3,(H,112,116)(H,113,131)(H,117,132)(H,118,134)(H,119,136)(H,120,135)(H,121,139)(H4,110,111,114)/t64-,67-,68+,69+,71-,76-,77-,78-,79-,80-,86?,87+,88-,92-,93+,94?,95+,107+,108+,109+/m0/s1. The number of guanidine groups is 1. The number of phenolic OH excluding ortho intramolecular Hbond substituents is 1. The third-order valence-electron chi connectivity index (χ3n) is 30.6. The minimum absolute atomic E-state index is 0.000750. The molecule has 150 heavy (non-hydrogen) atoms. The van der Waals surface area contributed by atoms with E-state index in [-0.39, 0.29) is 193 Å². The zero-order chi connectivity index (χ0) is 109. The molecule has 3 saturated heterocycles. The van der Waals surface area contributed by atoms with Gasteiger partial charge in [0.2, 0.25) is 41.5 Å². The van der Waals surface area contributed by atoms with Gasteiger partial charge in [-0.15, -0.1) is 0 Å². The van der Waals surface area contributed by atoms with Crippen molar-refractivity contribution in [3.8, 4) is 5.75 Å². The predicted octanol–water partition coefficient (Wildman–Crippen LogP) is 9.81. The van der Waals surface area contributed by atoms with Gasteiger partial charge in [0.05, 0.1) is 90.5 Å². The number of ether oxygens (including phenoxy) is 7. The van der Waals surface area contributed by atoms with Crippen molar-refractivity contribution < 1.29 is 125 Å². The van der Waals surface area contributed by atoms with Gasteiger partial charge in [0.15, 0.2) is 40.7 Å². The van der Waals surface area contributed by atoms with Crippen LogP contribution < -0.4 is 43.0 Å². The van der Waals surface area contributed by atoms with E-state index >= 15 is 33.6 Å². The molecule has 0 spiro atoms. The van der Waals surface area contributed by atoms with Gasteiger partial charge in [-0.2, -0.15) is 0 Å². The van der Waals surface area contributed by atoms with Crippen LogP contribution in [0.1, 0.15) is 234 Å². The van der Waals surface area contributed by atoms with Gasteiger partial charge in [-0.25, -0.2) is 19.4 Å². The van der Waals surface area contributed by atoms with Crippen LogP contribution in [0.3, 0.4) is 0 Å². The summed E-state index contributed by atoms with van der Waals surface area (Å²) in [5.74, 6) is -14.4. The number of nitrogens with one attached hydrogen (secondary N) is 10. The van der Waals surface area contributed by atoms with Gasteiger partial charge >= 0.3 is 18.2 Å². The summed E-state index contributed by atoms with van der Waals surface area (Å²) in [5, 5.41) is 63.4. The van der Waals surface area contributed by atoms with Gasteiger partial charge in [0.25, 0.3) is 0 Å². The zero-order valence-electron chi connectivity index (χ0n) is 88.4. The number of Topliss-reactive ketones (excluding diaryl/α,β-unsaturated/α-hetero) is 7. The number of alkyl carbamates (subject to hydrolysis) is 1. The summed E-state index contributed by atoms with van der Waals surface area (Å²) in [5.41, 5.74) is 3.21. The van der Waals surface area contributed by atoms with Crippen LogP contribution in [0.4, 0.5) is 9.59 Å². The van der Waals surface area contributed by atoms with Crippen molar-refractivity contribution in [3.63, 3.8) is 0 Å². The van der Waals surface area contributed by atoms with E-state index in [4.69, 9.17) is 44.3 Å². The van der Waals surface area contributed by atoms with E-state index in [1.54, 1.807) is 89.7 Å². The summed E-state index contributed by atoms with van der Waals surface area (Å²) >= 11 is 0. The number of nitrogens with zero attached hydrogens (tertiary/aromatic N) is 2. The number of unbranched alkanes of at least 4 members (excludes halogenated alkanes) is 1. The highest BCUT2D eigenvalue weighted by Gasteiger charge is 2.74. The van der Waals surface area contributed by atoms with Crippen molar-refractivity contribution >= 4 is 133 Å². The van der Waals surface area contributed by atoms with Gasteiger partial charge in [-0.05, 0) is 163 Å². The Balaban J connectivity index is 0.775. The van der Waals surface area contributed by atoms with E-state index in [2.05, 4.69) is 59.1 Å². The number of H-pyrrole nitrogens is 2. The maximum absolute atomic E-state index is 15.6. The smallest absolute Gasteiger partial charge is 0.508 e. The molecule has 5 heterocycles. The minimum atomic E-state index is -1.98.